The third-order valence-electron chi connectivity index (χ3n) is 3.74. The van der Waals surface area contributed by atoms with Gasteiger partial charge in [-0.3, -0.25) is 5.10 Å². The Morgan fingerprint density at radius 2 is 2.05 bits per heavy atom. The second-order valence-electron chi connectivity index (χ2n) is 5.82. The maximum absolute atomic E-state index is 9.36. The van der Waals surface area contributed by atoms with Crippen LogP contribution in [0.2, 0.25) is 0 Å². The SMILES string of the molecule is Cc1cc(-c2ccnc3[nH]ncc23)cc(C(C)(C)C#N)c1. The number of hydrogen-bond donors (Lipinski definition) is 1. The lowest BCUT2D eigenvalue weighted by atomic mass is 9.83. The first-order valence-electron chi connectivity index (χ1n) is 6.83. The Kier molecular flexibility index (Phi) is 2.99. The van der Waals surface area contributed by atoms with Crippen LogP contribution in [0.1, 0.15) is 25.0 Å². The van der Waals surface area contributed by atoms with E-state index in [1.807, 2.05) is 26.8 Å². The number of aromatic amines is 1. The number of H-pyrrole nitrogens is 1. The molecule has 0 radical (unpaired) electrons. The van der Waals surface area contributed by atoms with Crippen molar-refractivity contribution in [1.82, 2.24) is 15.2 Å². The van der Waals surface area contributed by atoms with Crippen LogP contribution in [-0.4, -0.2) is 15.2 Å². The van der Waals surface area contributed by atoms with E-state index >= 15 is 0 Å². The van der Waals surface area contributed by atoms with Crippen molar-refractivity contribution in [3.63, 3.8) is 0 Å². The van der Waals surface area contributed by atoms with Crippen molar-refractivity contribution < 1.29 is 0 Å². The number of hydrogen-bond acceptors (Lipinski definition) is 3. The van der Waals surface area contributed by atoms with Gasteiger partial charge in [0.1, 0.15) is 0 Å². The van der Waals surface area contributed by atoms with E-state index in [1.54, 1.807) is 12.4 Å². The molecular formula is C17H16N4. The summed E-state index contributed by atoms with van der Waals surface area (Å²) in [6, 6.07) is 10.6. The highest BCUT2D eigenvalue weighted by atomic mass is 15.1. The van der Waals surface area contributed by atoms with Gasteiger partial charge in [-0.1, -0.05) is 17.7 Å². The second-order valence-corrected chi connectivity index (χ2v) is 5.82. The molecule has 0 saturated heterocycles. The summed E-state index contributed by atoms with van der Waals surface area (Å²) in [5.41, 5.74) is 4.58. The molecule has 0 aliphatic carbocycles. The molecule has 0 spiro atoms. The van der Waals surface area contributed by atoms with Gasteiger partial charge in [-0.05, 0) is 49.6 Å². The number of fused-ring (bicyclic) bond motifs is 1. The molecule has 0 atom stereocenters. The van der Waals surface area contributed by atoms with Gasteiger partial charge in [-0.25, -0.2) is 4.98 Å². The largest absolute Gasteiger partial charge is 0.261 e. The summed E-state index contributed by atoms with van der Waals surface area (Å²) >= 11 is 0. The molecule has 4 heteroatoms. The molecule has 0 aliphatic heterocycles. The highest BCUT2D eigenvalue weighted by molar-refractivity contribution is 5.92. The monoisotopic (exact) mass is 276 g/mol. The molecule has 3 aromatic rings. The lowest BCUT2D eigenvalue weighted by Gasteiger charge is -2.18. The van der Waals surface area contributed by atoms with E-state index in [-0.39, 0.29) is 0 Å². The van der Waals surface area contributed by atoms with Crippen molar-refractivity contribution in [2.45, 2.75) is 26.2 Å². The molecule has 0 aliphatic rings. The lowest BCUT2D eigenvalue weighted by Crippen LogP contribution is -2.14. The van der Waals surface area contributed by atoms with Crippen LogP contribution >= 0.6 is 0 Å². The molecule has 0 amide bonds. The van der Waals surface area contributed by atoms with Crippen LogP contribution in [0.15, 0.2) is 36.7 Å². The number of aromatic nitrogens is 3. The van der Waals surface area contributed by atoms with Gasteiger partial charge in [0.05, 0.1) is 17.7 Å². The zero-order chi connectivity index (χ0) is 15.0. The highest BCUT2D eigenvalue weighted by Crippen LogP contribution is 2.31. The lowest BCUT2D eigenvalue weighted by molar-refractivity contribution is 0.686. The molecule has 0 bridgehead atoms. The number of nitrogens with zero attached hydrogens (tertiary/aromatic N) is 3. The van der Waals surface area contributed by atoms with Crippen LogP contribution in [0.25, 0.3) is 22.2 Å². The van der Waals surface area contributed by atoms with E-state index in [4.69, 9.17) is 0 Å². The first-order chi connectivity index (χ1) is 10.0. The first-order valence-corrected chi connectivity index (χ1v) is 6.83. The highest BCUT2D eigenvalue weighted by Gasteiger charge is 2.21. The van der Waals surface area contributed by atoms with E-state index in [0.29, 0.717) is 0 Å². The third kappa shape index (κ3) is 2.27. The number of nitrogens with one attached hydrogen (secondary N) is 1. The fourth-order valence-corrected chi connectivity index (χ4v) is 2.47. The van der Waals surface area contributed by atoms with Crippen LogP contribution in [0.4, 0.5) is 0 Å². The summed E-state index contributed by atoms with van der Waals surface area (Å²) in [4.78, 5) is 4.27. The molecule has 1 N–H and O–H groups in total. The number of pyridine rings is 1. The molecule has 4 nitrogen and oxygen atoms in total. The van der Waals surface area contributed by atoms with Crippen LogP contribution < -0.4 is 0 Å². The van der Waals surface area contributed by atoms with Gasteiger partial charge < -0.3 is 0 Å². The Labute approximate surface area is 123 Å². The van der Waals surface area contributed by atoms with Crippen LogP contribution in [0, 0.1) is 18.3 Å². The summed E-state index contributed by atoms with van der Waals surface area (Å²) in [5.74, 6) is 0. The fourth-order valence-electron chi connectivity index (χ4n) is 2.47. The van der Waals surface area contributed by atoms with Crippen LogP contribution in [-0.2, 0) is 5.41 Å². The average Bonchev–Trinajstić information content (AvgIpc) is 2.94. The van der Waals surface area contributed by atoms with E-state index in [1.165, 1.54) is 0 Å². The minimum Gasteiger partial charge on any atom is -0.261 e. The van der Waals surface area contributed by atoms with Crippen molar-refractivity contribution in [3.05, 3.63) is 47.8 Å². The van der Waals surface area contributed by atoms with Crippen LogP contribution in [0.5, 0.6) is 0 Å². The Balaban J connectivity index is 2.24. The van der Waals surface area contributed by atoms with Crippen molar-refractivity contribution >= 4 is 11.0 Å². The molecule has 3 rings (SSSR count). The maximum atomic E-state index is 9.36. The molecule has 104 valence electrons. The second kappa shape index (κ2) is 4.71. The molecule has 0 unspecified atom stereocenters. The zero-order valence-electron chi connectivity index (χ0n) is 12.3. The van der Waals surface area contributed by atoms with E-state index in [2.05, 4.69) is 39.4 Å². The summed E-state index contributed by atoms with van der Waals surface area (Å²) in [7, 11) is 0. The quantitative estimate of drug-likeness (QED) is 0.775. The summed E-state index contributed by atoms with van der Waals surface area (Å²) in [5, 5.41) is 17.3. The van der Waals surface area contributed by atoms with Crippen molar-refractivity contribution in [3.8, 4) is 17.2 Å². The van der Waals surface area contributed by atoms with Crippen LogP contribution in [0.3, 0.4) is 0 Å². The average molecular weight is 276 g/mol. The predicted molar refractivity (Wildman–Crippen MR) is 82.7 cm³/mol. The zero-order valence-corrected chi connectivity index (χ0v) is 12.3. The summed E-state index contributed by atoms with van der Waals surface area (Å²) in [6.07, 6.45) is 3.56. The number of aryl methyl sites for hydroxylation is 1. The predicted octanol–water partition coefficient (Wildman–Crippen LogP) is 3.73. The summed E-state index contributed by atoms with van der Waals surface area (Å²) in [6.45, 7) is 5.92. The Morgan fingerprint density at radius 1 is 1.24 bits per heavy atom. The molecule has 0 fully saturated rings. The normalized spacial score (nSPS) is 11.5. The van der Waals surface area contributed by atoms with E-state index in [0.717, 1.165) is 33.3 Å². The third-order valence-corrected chi connectivity index (χ3v) is 3.74. The molecule has 2 aromatic heterocycles. The minimum atomic E-state index is -0.511. The van der Waals surface area contributed by atoms with Gasteiger partial charge in [0.2, 0.25) is 0 Å². The Bertz CT molecular complexity index is 853. The maximum Gasteiger partial charge on any atom is 0.155 e. The molecule has 1 aromatic carbocycles. The molecule has 0 saturated carbocycles. The summed E-state index contributed by atoms with van der Waals surface area (Å²) < 4.78 is 0. The number of nitriles is 1. The number of benzene rings is 1. The molecule has 2 heterocycles. The Hall–Kier alpha value is -2.67. The van der Waals surface area contributed by atoms with Gasteiger partial charge in [-0.15, -0.1) is 0 Å². The van der Waals surface area contributed by atoms with Crippen molar-refractivity contribution in [2.24, 2.45) is 0 Å². The van der Waals surface area contributed by atoms with Gasteiger partial charge in [0, 0.05) is 11.6 Å². The standard InChI is InChI=1S/C17H16N4/c1-11-6-12(8-13(7-11)17(2,3)10-18)14-4-5-19-16-15(14)9-20-21-16/h4-9H,1-3H3,(H,19,20,21). The van der Waals surface area contributed by atoms with E-state index in [9.17, 15) is 5.26 Å². The Morgan fingerprint density at radius 3 is 2.81 bits per heavy atom. The van der Waals surface area contributed by atoms with Gasteiger partial charge >= 0.3 is 0 Å². The van der Waals surface area contributed by atoms with Gasteiger partial charge in [-0.2, -0.15) is 10.4 Å². The van der Waals surface area contributed by atoms with Gasteiger partial charge in [0.15, 0.2) is 5.65 Å². The molecular weight excluding hydrogens is 260 g/mol. The van der Waals surface area contributed by atoms with Crippen molar-refractivity contribution in [1.29, 1.82) is 5.26 Å². The smallest absolute Gasteiger partial charge is 0.155 e. The molecule has 21 heavy (non-hydrogen) atoms. The first kappa shape index (κ1) is 13.3. The van der Waals surface area contributed by atoms with Gasteiger partial charge in [0.25, 0.3) is 0 Å². The topological polar surface area (TPSA) is 65.4 Å². The van der Waals surface area contributed by atoms with E-state index < -0.39 is 5.41 Å². The minimum absolute atomic E-state index is 0.511. The fraction of sp³-hybridized carbons (Fsp3) is 0.235. The van der Waals surface area contributed by atoms with Crippen molar-refractivity contribution in [2.75, 3.05) is 0 Å². The number of rotatable bonds is 2.